The van der Waals surface area contributed by atoms with E-state index in [1.165, 1.54) is 6.07 Å². The van der Waals surface area contributed by atoms with Crippen LogP contribution in [0.1, 0.15) is 59.6 Å². The first kappa shape index (κ1) is 43.9. The van der Waals surface area contributed by atoms with Crippen molar-refractivity contribution in [3.63, 3.8) is 0 Å². The Morgan fingerprint density at radius 3 is 1.73 bits per heavy atom. The number of hydrogen-bond acceptors (Lipinski definition) is 10. The molecule has 0 saturated carbocycles. The third kappa shape index (κ3) is 13.2. The third-order valence-corrected chi connectivity index (χ3v) is 9.44. The van der Waals surface area contributed by atoms with E-state index < -0.39 is 0 Å². The summed E-state index contributed by atoms with van der Waals surface area (Å²) < 4.78 is 29.8. The molecule has 0 amide bonds. The van der Waals surface area contributed by atoms with Gasteiger partial charge in [-0.15, -0.1) is 0 Å². The maximum Gasteiger partial charge on any atom is 0.227 e. The maximum absolute atomic E-state index is 13.4. The van der Waals surface area contributed by atoms with E-state index in [9.17, 15) is 4.39 Å². The van der Waals surface area contributed by atoms with E-state index in [1.807, 2.05) is 110 Å². The molecule has 0 radical (unpaired) electrons. The summed E-state index contributed by atoms with van der Waals surface area (Å²) in [5.41, 5.74) is 5.89. The number of hydrogen-bond donors (Lipinski definition) is 0. The van der Waals surface area contributed by atoms with E-state index >= 15 is 0 Å². The van der Waals surface area contributed by atoms with Crippen LogP contribution in [0.3, 0.4) is 0 Å². The molecule has 0 spiro atoms. The lowest BCUT2D eigenvalue weighted by Crippen LogP contribution is -1.88. The van der Waals surface area contributed by atoms with Crippen molar-refractivity contribution >= 4 is 22.7 Å². The Morgan fingerprint density at radius 1 is 0.562 bits per heavy atom. The summed E-state index contributed by atoms with van der Waals surface area (Å²) in [6.07, 6.45) is 10.7. The minimum atomic E-state index is -0.388. The van der Waals surface area contributed by atoms with Gasteiger partial charge >= 0.3 is 0 Å². The number of nitrogens with zero attached hydrogens (tertiary/aromatic N) is 7. The van der Waals surface area contributed by atoms with Gasteiger partial charge in [-0.25, -0.2) is 29.3 Å². The van der Waals surface area contributed by atoms with Gasteiger partial charge in [-0.05, 0) is 84.8 Å². The zero-order valence-electron chi connectivity index (χ0n) is 34.7. The van der Waals surface area contributed by atoms with Crippen molar-refractivity contribution in [2.24, 2.45) is 0 Å². The maximum atomic E-state index is 13.4. The fraction of sp³-hybridized carbons (Fsp3) is 0.135. The van der Waals surface area contributed by atoms with E-state index in [0.29, 0.717) is 72.6 Å². The van der Waals surface area contributed by atoms with Gasteiger partial charge in [0.05, 0.1) is 6.20 Å². The van der Waals surface area contributed by atoms with Crippen molar-refractivity contribution < 1.29 is 17.7 Å². The topological polar surface area (TPSA) is 130 Å². The molecule has 6 heterocycles. The van der Waals surface area contributed by atoms with E-state index in [2.05, 4.69) is 70.6 Å². The summed E-state index contributed by atoms with van der Waals surface area (Å²) in [4.78, 5) is 25.3. The fourth-order valence-electron chi connectivity index (χ4n) is 5.82. The largest absolute Gasteiger partial charge is 0.441 e. The van der Waals surface area contributed by atoms with Crippen molar-refractivity contribution in [1.29, 1.82) is 0 Å². The molecule has 10 nitrogen and oxygen atoms in total. The molecule has 3 aromatic carbocycles. The summed E-state index contributed by atoms with van der Waals surface area (Å²) in [6.45, 7) is 1.94. The monoisotopic (exact) mass is 863 g/mol. The Hall–Kier alpha value is -8.17. The summed E-state index contributed by atoms with van der Waals surface area (Å²) in [6, 6.07) is 37.2. The molecule has 0 saturated heterocycles. The van der Waals surface area contributed by atoms with Gasteiger partial charge in [0.15, 0.2) is 28.9 Å². The van der Waals surface area contributed by atoms with Gasteiger partial charge in [-0.1, -0.05) is 101 Å². The molecule has 9 aromatic rings. The Bertz CT molecular complexity index is 3070. The smallest absolute Gasteiger partial charge is 0.227 e. The Labute approximate surface area is 375 Å². The number of oxazole rings is 2. The average molecular weight is 864 g/mol. The Morgan fingerprint density at radius 2 is 1.14 bits per heavy atom. The van der Waals surface area contributed by atoms with Crippen molar-refractivity contribution in [3.8, 4) is 58.2 Å². The lowest BCUT2D eigenvalue weighted by atomic mass is 10.1. The lowest BCUT2D eigenvalue weighted by Gasteiger charge is -2.01. The Balaban J connectivity index is 0.000000144. The lowest BCUT2D eigenvalue weighted by molar-refractivity contribution is 0.380. The second-order valence-electron chi connectivity index (χ2n) is 13.7. The number of rotatable bonds is 8. The average Bonchev–Trinajstić information content (AvgIpc) is 4.12. The first-order valence-corrected chi connectivity index (χ1v) is 20.7. The van der Waals surface area contributed by atoms with E-state index in [4.69, 9.17) is 25.0 Å². The van der Waals surface area contributed by atoms with Crippen LogP contribution >= 0.6 is 11.6 Å². The third-order valence-electron chi connectivity index (χ3n) is 9.04. The predicted octanol–water partition coefficient (Wildman–Crippen LogP) is 11.1. The molecule has 0 bridgehead atoms. The molecular weight excluding hydrogens is 825 g/mol. The van der Waals surface area contributed by atoms with Gasteiger partial charge in [0, 0.05) is 73.3 Å². The summed E-state index contributed by atoms with van der Waals surface area (Å²) in [5, 5.41) is 4.71. The molecule has 12 heteroatoms. The SMILES string of the molecule is C(#Cc1ccccn1)CCc1ncc(-c2ccccc2)o1.Cc1c(Cl)cccc1-c1noc(CCC#Cc2ccccn2)n1.Fc1cccc2nc(CCC#Cc3ccccn3)oc12. The molecule has 6 aromatic heterocycles. The van der Waals surface area contributed by atoms with Crippen molar-refractivity contribution in [1.82, 2.24) is 35.1 Å². The normalized spacial score (nSPS) is 10.1. The highest BCUT2D eigenvalue weighted by atomic mass is 35.5. The molecule has 0 unspecified atom stereocenters. The van der Waals surface area contributed by atoms with Gasteiger partial charge in [-0.3, -0.25) is 0 Å². The van der Waals surface area contributed by atoms with E-state index in [0.717, 1.165) is 39.5 Å². The fourth-order valence-corrected chi connectivity index (χ4v) is 6.00. The number of aromatic nitrogens is 7. The van der Waals surface area contributed by atoms with Crippen LogP contribution in [0.25, 0.3) is 33.8 Å². The molecule has 314 valence electrons. The van der Waals surface area contributed by atoms with Gasteiger partial charge < -0.3 is 13.4 Å². The number of halogens is 2. The van der Waals surface area contributed by atoms with E-state index in [1.54, 1.807) is 36.9 Å². The minimum Gasteiger partial charge on any atom is -0.441 e. The molecule has 0 N–H and O–H groups in total. The second-order valence-corrected chi connectivity index (χ2v) is 14.1. The standard InChI is InChI=1S/C18H14ClN3O.C18H14N2O.C16H11FN2O/c1-13-15(9-6-10-16(13)19)18-21-17(23-22-18)11-3-2-7-14-8-4-5-12-20-14;1-2-8-15(9-3-1)17-14-20-18(21-17)12-5-4-10-16-11-6-7-13-19-16;17-13-8-5-9-14-16(13)20-15(19-14)10-2-1-6-12-7-3-4-11-18-12/h4-6,8-10,12H,3,11H2,1H3;1-3,6-9,11,13-14H,5,12H2;3-5,7-9,11H,2,10H2. The highest BCUT2D eigenvalue weighted by Gasteiger charge is 2.12. The minimum absolute atomic E-state index is 0.209. The summed E-state index contributed by atoms with van der Waals surface area (Å²) in [7, 11) is 0. The van der Waals surface area contributed by atoms with Crippen molar-refractivity contribution in [2.75, 3.05) is 0 Å². The predicted molar refractivity (Wildman–Crippen MR) is 244 cm³/mol. The van der Waals surface area contributed by atoms with Gasteiger partial charge in [0.1, 0.15) is 22.6 Å². The molecule has 64 heavy (non-hydrogen) atoms. The first-order chi connectivity index (χ1) is 31.5. The van der Waals surface area contributed by atoms with Crippen molar-refractivity contribution in [2.45, 2.75) is 45.4 Å². The quantitative estimate of drug-likeness (QED) is 0.136. The van der Waals surface area contributed by atoms with Crippen LogP contribution in [-0.2, 0) is 19.3 Å². The summed E-state index contributed by atoms with van der Waals surface area (Å²) >= 11 is 6.12. The summed E-state index contributed by atoms with van der Waals surface area (Å²) in [5.74, 6) is 20.9. The Kier molecular flexibility index (Phi) is 15.9. The van der Waals surface area contributed by atoms with Crippen LogP contribution in [0.2, 0.25) is 5.02 Å². The van der Waals surface area contributed by atoms with E-state index in [-0.39, 0.29) is 11.4 Å². The zero-order chi connectivity index (χ0) is 44.2. The number of para-hydroxylation sites is 1. The molecule has 0 fully saturated rings. The number of fused-ring (bicyclic) bond motifs is 1. The van der Waals surface area contributed by atoms with Crippen LogP contribution in [0, 0.1) is 48.3 Å². The van der Waals surface area contributed by atoms with Crippen LogP contribution in [0.4, 0.5) is 4.39 Å². The second kappa shape index (κ2) is 23.2. The molecule has 0 aliphatic carbocycles. The molecule has 0 aliphatic rings. The van der Waals surface area contributed by atoms with Crippen LogP contribution in [0.5, 0.6) is 0 Å². The highest BCUT2D eigenvalue weighted by Crippen LogP contribution is 2.26. The first-order valence-electron chi connectivity index (χ1n) is 20.3. The molecular formula is C52H39ClFN7O3. The van der Waals surface area contributed by atoms with Gasteiger partial charge in [0.25, 0.3) is 0 Å². The van der Waals surface area contributed by atoms with Crippen LogP contribution in [-0.4, -0.2) is 35.1 Å². The zero-order valence-corrected chi connectivity index (χ0v) is 35.5. The van der Waals surface area contributed by atoms with Gasteiger partial charge in [-0.2, -0.15) is 4.98 Å². The highest BCUT2D eigenvalue weighted by molar-refractivity contribution is 6.31. The molecule has 9 rings (SSSR count). The number of benzene rings is 3. The number of aryl methyl sites for hydroxylation is 3. The van der Waals surface area contributed by atoms with Crippen LogP contribution < -0.4 is 0 Å². The van der Waals surface area contributed by atoms with Crippen molar-refractivity contribution in [3.05, 3.63) is 197 Å². The van der Waals surface area contributed by atoms with Gasteiger partial charge in [0.2, 0.25) is 11.7 Å². The molecule has 0 aliphatic heterocycles. The molecule has 0 atom stereocenters. The van der Waals surface area contributed by atoms with Crippen LogP contribution in [0.15, 0.2) is 159 Å². The number of pyridine rings is 3.